The van der Waals surface area contributed by atoms with Crippen molar-refractivity contribution in [1.82, 2.24) is 5.32 Å². The molecule has 0 radical (unpaired) electrons. The van der Waals surface area contributed by atoms with Crippen molar-refractivity contribution in [2.24, 2.45) is 0 Å². The van der Waals surface area contributed by atoms with Crippen LogP contribution in [0.4, 0.5) is 0 Å². The smallest absolute Gasteiger partial charge is 0.335 e. The Labute approximate surface area is 180 Å². The van der Waals surface area contributed by atoms with E-state index in [0.717, 1.165) is 12.8 Å². The Morgan fingerprint density at radius 3 is 2.58 bits per heavy atom. The SMILES string of the molecule is Cc1c(C(=O)O)cccc1-c1ccc(/C=C(/C#N)C(=O)NCCCc2ccccc2)o1. The van der Waals surface area contributed by atoms with Gasteiger partial charge >= 0.3 is 5.97 Å². The number of nitrogens with one attached hydrogen (secondary N) is 1. The molecule has 0 bridgehead atoms. The van der Waals surface area contributed by atoms with Gasteiger partial charge in [-0.25, -0.2) is 4.79 Å². The van der Waals surface area contributed by atoms with Gasteiger partial charge in [0.2, 0.25) is 0 Å². The van der Waals surface area contributed by atoms with Crippen molar-refractivity contribution in [2.45, 2.75) is 19.8 Å². The lowest BCUT2D eigenvalue weighted by Crippen LogP contribution is -2.25. The van der Waals surface area contributed by atoms with Gasteiger partial charge in [-0.05, 0) is 49.1 Å². The highest BCUT2D eigenvalue weighted by atomic mass is 16.4. The van der Waals surface area contributed by atoms with Crippen LogP contribution in [0.3, 0.4) is 0 Å². The normalized spacial score (nSPS) is 11.0. The molecule has 1 aromatic heterocycles. The van der Waals surface area contributed by atoms with Crippen molar-refractivity contribution in [2.75, 3.05) is 6.54 Å². The van der Waals surface area contributed by atoms with E-state index in [1.54, 1.807) is 31.2 Å². The van der Waals surface area contributed by atoms with Crippen molar-refractivity contribution >= 4 is 18.0 Å². The summed E-state index contributed by atoms with van der Waals surface area (Å²) in [5.74, 6) is -0.669. The number of carboxylic acid groups (broad SMARTS) is 1. The van der Waals surface area contributed by atoms with Gasteiger partial charge in [0, 0.05) is 18.2 Å². The zero-order valence-electron chi connectivity index (χ0n) is 17.1. The lowest BCUT2D eigenvalue weighted by molar-refractivity contribution is -0.117. The predicted molar refractivity (Wildman–Crippen MR) is 117 cm³/mol. The van der Waals surface area contributed by atoms with Crippen LogP contribution in [0, 0.1) is 18.3 Å². The number of amides is 1. The van der Waals surface area contributed by atoms with Crippen molar-refractivity contribution in [3.05, 3.63) is 88.7 Å². The first-order chi connectivity index (χ1) is 15.0. The second-order valence-corrected chi connectivity index (χ2v) is 7.00. The summed E-state index contributed by atoms with van der Waals surface area (Å²) in [4.78, 5) is 23.7. The molecule has 0 aliphatic heterocycles. The van der Waals surface area contributed by atoms with Crippen molar-refractivity contribution in [3.8, 4) is 17.4 Å². The first-order valence-corrected chi connectivity index (χ1v) is 9.86. The zero-order valence-corrected chi connectivity index (χ0v) is 17.1. The highest BCUT2D eigenvalue weighted by Crippen LogP contribution is 2.28. The fourth-order valence-electron chi connectivity index (χ4n) is 3.23. The van der Waals surface area contributed by atoms with Crippen LogP contribution in [-0.4, -0.2) is 23.5 Å². The number of carbonyl (C=O) groups is 2. The molecule has 0 saturated carbocycles. The van der Waals surface area contributed by atoms with Crippen LogP contribution >= 0.6 is 0 Å². The Balaban J connectivity index is 1.66. The van der Waals surface area contributed by atoms with Gasteiger partial charge in [0.15, 0.2) is 0 Å². The largest absolute Gasteiger partial charge is 0.478 e. The Bertz CT molecular complexity index is 1150. The van der Waals surface area contributed by atoms with Crippen LogP contribution in [0.2, 0.25) is 0 Å². The molecule has 31 heavy (non-hydrogen) atoms. The highest BCUT2D eigenvalue weighted by molar-refractivity contribution is 6.01. The molecule has 2 N–H and O–H groups in total. The lowest BCUT2D eigenvalue weighted by Gasteiger charge is -2.06. The minimum absolute atomic E-state index is 0.0587. The monoisotopic (exact) mass is 414 g/mol. The summed E-state index contributed by atoms with van der Waals surface area (Å²) in [7, 11) is 0. The van der Waals surface area contributed by atoms with Crippen LogP contribution in [0.25, 0.3) is 17.4 Å². The molecule has 6 nitrogen and oxygen atoms in total. The van der Waals surface area contributed by atoms with Gasteiger partial charge in [-0.1, -0.05) is 42.5 Å². The van der Waals surface area contributed by atoms with Crippen molar-refractivity contribution in [1.29, 1.82) is 5.26 Å². The van der Waals surface area contributed by atoms with Gasteiger partial charge in [-0.3, -0.25) is 4.79 Å². The number of benzene rings is 2. The Hall–Kier alpha value is -4.11. The third-order valence-electron chi connectivity index (χ3n) is 4.88. The molecule has 0 spiro atoms. The number of hydrogen-bond donors (Lipinski definition) is 2. The number of carbonyl (C=O) groups excluding carboxylic acids is 1. The maximum Gasteiger partial charge on any atom is 0.335 e. The second-order valence-electron chi connectivity index (χ2n) is 7.00. The third kappa shape index (κ3) is 5.49. The Kier molecular flexibility index (Phi) is 7.02. The summed E-state index contributed by atoms with van der Waals surface area (Å²) in [6.45, 7) is 2.16. The molecule has 3 rings (SSSR count). The number of carboxylic acids is 1. The fourth-order valence-corrected chi connectivity index (χ4v) is 3.23. The molecule has 3 aromatic rings. The van der Waals surface area contributed by atoms with E-state index in [-0.39, 0.29) is 11.1 Å². The minimum atomic E-state index is -1.01. The maximum atomic E-state index is 12.3. The second kappa shape index (κ2) is 10.1. The number of aromatic carboxylic acids is 1. The van der Waals surface area contributed by atoms with E-state index < -0.39 is 11.9 Å². The number of furan rings is 1. The molecule has 0 aliphatic rings. The van der Waals surface area contributed by atoms with E-state index in [0.29, 0.717) is 29.2 Å². The Morgan fingerprint density at radius 1 is 1.10 bits per heavy atom. The molecule has 1 amide bonds. The molecule has 6 heteroatoms. The third-order valence-corrected chi connectivity index (χ3v) is 4.88. The number of aryl methyl sites for hydroxylation is 1. The predicted octanol–water partition coefficient (Wildman–Crippen LogP) is 4.61. The summed E-state index contributed by atoms with van der Waals surface area (Å²) in [6, 6.07) is 20.1. The lowest BCUT2D eigenvalue weighted by atomic mass is 10.0. The summed E-state index contributed by atoms with van der Waals surface area (Å²) in [5, 5.41) is 21.4. The molecule has 0 unspecified atom stereocenters. The molecule has 0 aliphatic carbocycles. The summed E-state index contributed by atoms with van der Waals surface area (Å²) < 4.78 is 5.75. The van der Waals surface area contributed by atoms with Crippen molar-refractivity contribution in [3.63, 3.8) is 0 Å². The first-order valence-electron chi connectivity index (χ1n) is 9.86. The molecule has 0 saturated heterocycles. The van der Waals surface area contributed by atoms with Gasteiger partial charge < -0.3 is 14.8 Å². The average Bonchev–Trinajstić information content (AvgIpc) is 3.24. The van der Waals surface area contributed by atoms with E-state index in [1.165, 1.54) is 17.7 Å². The molecular formula is C25H22N2O4. The van der Waals surface area contributed by atoms with Gasteiger partial charge in [0.1, 0.15) is 23.2 Å². The van der Waals surface area contributed by atoms with Crippen LogP contribution in [0.15, 0.2) is 70.7 Å². The zero-order chi connectivity index (χ0) is 22.2. The molecular weight excluding hydrogens is 392 g/mol. The number of hydrogen-bond acceptors (Lipinski definition) is 4. The molecule has 1 heterocycles. The molecule has 0 fully saturated rings. The van der Waals surface area contributed by atoms with Crippen LogP contribution in [0.5, 0.6) is 0 Å². The summed E-state index contributed by atoms with van der Waals surface area (Å²) in [5.41, 5.74) is 2.55. The minimum Gasteiger partial charge on any atom is -0.478 e. The summed E-state index contributed by atoms with van der Waals surface area (Å²) >= 11 is 0. The quantitative estimate of drug-likeness (QED) is 0.318. The Morgan fingerprint density at radius 2 is 1.87 bits per heavy atom. The van der Waals surface area contributed by atoms with E-state index in [9.17, 15) is 20.0 Å². The van der Waals surface area contributed by atoms with Crippen LogP contribution in [0.1, 0.15) is 33.7 Å². The number of nitrogens with zero attached hydrogens (tertiary/aromatic N) is 1. The van der Waals surface area contributed by atoms with Crippen LogP contribution < -0.4 is 5.32 Å². The van der Waals surface area contributed by atoms with Gasteiger partial charge in [0.05, 0.1) is 5.56 Å². The van der Waals surface area contributed by atoms with Gasteiger partial charge in [-0.2, -0.15) is 5.26 Å². The van der Waals surface area contributed by atoms with Gasteiger partial charge in [-0.15, -0.1) is 0 Å². The van der Waals surface area contributed by atoms with Gasteiger partial charge in [0.25, 0.3) is 5.91 Å². The van der Waals surface area contributed by atoms with Crippen molar-refractivity contribution < 1.29 is 19.1 Å². The van der Waals surface area contributed by atoms with E-state index in [2.05, 4.69) is 5.32 Å². The molecule has 2 aromatic carbocycles. The van der Waals surface area contributed by atoms with Crippen LogP contribution in [-0.2, 0) is 11.2 Å². The fraction of sp³-hybridized carbons (Fsp3) is 0.160. The van der Waals surface area contributed by atoms with E-state index in [1.807, 2.05) is 36.4 Å². The molecule has 156 valence electrons. The number of nitriles is 1. The standard InChI is InChI=1S/C25H22N2O4/c1-17-21(10-5-11-22(17)25(29)30)23-13-12-20(31-23)15-19(16-26)24(28)27-14-6-9-18-7-3-2-4-8-18/h2-5,7-8,10-13,15H,6,9,14H2,1H3,(H,27,28)(H,29,30)/b19-15-. The first kappa shape index (κ1) is 21.6. The number of rotatable bonds is 8. The summed E-state index contributed by atoms with van der Waals surface area (Å²) in [6.07, 6.45) is 2.98. The van der Waals surface area contributed by atoms with E-state index in [4.69, 9.17) is 4.42 Å². The maximum absolute atomic E-state index is 12.3. The van der Waals surface area contributed by atoms with E-state index >= 15 is 0 Å². The average molecular weight is 414 g/mol. The molecule has 0 atom stereocenters. The topological polar surface area (TPSA) is 103 Å². The highest BCUT2D eigenvalue weighted by Gasteiger charge is 2.15.